The van der Waals surface area contributed by atoms with Crippen molar-refractivity contribution in [3.63, 3.8) is 0 Å². The molecule has 0 fully saturated rings. The number of aliphatic imine (C=N–C) groups is 1. The number of hydrogen-bond donors (Lipinski definition) is 0. The lowest BCUT2D eigenvalue weighted by molar-refractivity contribution is 0.0953. The predicted octanol–water partition coefficient (Wildman–Crippen LogP) is 4.26. The van der Waals surface area contributed by atoms with E-state index < -0.39 is 23.1 Å². The number of aromatic nitrogens is 2. The van der Waals surface area contributed by atoms with Gasteiger partial charge in [-0.25, -0.2) is 9.79 Å². The van der Waals surface area contributed by atoms with Crippen molar-refractivity contribution in [3.8, 4) is 11.5 Å². The van der Waals surface area contributed by atoms with Gasteiger partial charge in [0.25, 0.3) is 5.56 Å². The summed E-state index contributed by atoms with van der Waals surface area (Å²) in [7, 11) is 3.05. The van der Waals surface area contributed by atoms with E-state index in [1.165, 1.54) is 11.6 Å². The van der Waals surface area contributed by atoms with Crippen molar-refractivity contribution < 1.29 is 9.53 Å². The summed E-state index contributed by atoms with van der Waals surface area (Å²) in [6.07, 6.45) is 0. The van der Waals surface area contributed by atoms with E-state index in [0.29, 0.717) is 28.4 Å². The first-order chi connectivity index (χ1) is 17.3. The molecule has 4 aromatic rings. The lowest BCUT2D eigenvalue weighted by Crippen LogP contribution is -2.43. The number of ether oxygens (including phenoxy) is 1. The van der Waals surface area contributed by atoms with Gasteiger partial charge < -0.3 is 4.74 Å². The molecule has 0 bridgehead atoms. The van der Waals surface area contributed by atoms with Gasteiger partial charge in [0.15, 0.2) is 5.78 Å². The monoisotopic (exact) mass is 477 g/mol. The first-order valence-corrected chi connectivity index (χ1v) is 11.7. The quantitative estimate of drug-likeness (QED) is 0.441. The SMILES string of the molecule is Cc1ccc(Oc2ccc(C3c4c(n(C)c(=O)n(C)c4=O)N=C4c5ccccc5C(=O)C43)cc2)cc1. The van der Waals surface area contributed by atoms with Gasteiger partial charge in [0.1, 0.15) is 17.3 Å². The molecule has 3 aromatic carbocycles. The summed E-state index contributed by atoms with van der Waals surface area (Å²) in [5, 5.41) is 0. The topological polar surface area (TPSA) is 82.7 Å². The van der Waals surface area contributed by atoms with Crippen LogP contribution in [0.5, 0.6) is 11.5 Å². The molecule has 7 nitrogen and oxygen atoms in total. The Bertz CT molecular complexity index is 1690. The van der Waals surface area contributed by atoms with Gasteiger partial charge in [0, 0.05) is 31.1 Å². The molecule has 1 aliphatic heterocycles. The highest BCUT2D eigenvalue weighted by atomic mass is 16.5. The Morgan fingerprint density at radius 2 is 1.36 bits per heavy atom. The van der Waals surface area contributed by atoms with E-state index in [2.05, 4.69) is 0 Å². The van der Waals surface area contributed by atoms with Gasteiger partial charge in [-0.2, -0.15) is 0 Å². The van der Waals surface area contributed by atoms with E-state index in [0.717, 1.165) is 27.0 Å². The summed E-state index contributed by atoms with van der Waals surface area (Å²) in [5.41, 5.74) is 3.30. The summed E-state index contributed by atoms with van der Waals surface area (Å²) >= 11 is 0. The molecular weight excluding hydrogens is 454 g/mol. The van der Waals surface area contributed by atoms with Crippen LogP contribution >= 0.6 is 0 Å². The van der Waals surface area contributed by atoms with Gasteiger partial charge in [-0.1, -0.05) is 54.1 Å². The third-order valence-electron chi connectivity index (χ3n) is 7.08. The van der Waals surface area contributed by atoms with E-state index >= 15 is 0 Å². The van der Waals surface area contributed by atoms with Crippen LogP contribution in [0.25, 0.3) is 0 Å². The molecule has 0 saturated carbocycles. The summed E-state index contributed by atoms with van der Waals surface area (Å²) in [5.74, 6) is 0.341. The van der Waals surface area contributed by atoms with Crippen LogP contribution in [0.2, 0.25) is 0 Å². The Morgan fingerprint density at radius 3 is 2.03 bits per heavy atom. The second-order valence-corrected chi connectivity index (χ2v) is 9.29. The van der Waals surface area contributed by atoms with Gasteiger partial charge in [-0.3, -0.25) is 18.7 Å². The maximum absolute atomic E-state index is 13.6. The van der Waals surface area contributed by atoms with Crippen LogP contribution in [0, 0.1) is 12.8 Å². The van der Waals surface area contributed by atoms with Crippen LogP contribution in [0.1, 0.15) is 38.5 Å². The van der Waals surface area contributed by atoms with Gasteiger partial charge in [0.2, 0.25) is 0 Å². The van der Waals surface area contributed by atoms with Crippen LogP contribution in [0.4, 0.5) is 5.82 Å². The van der Waals surface area contributed by atoms with Gasteiger partial charge >= 0.3 is 5.69 Å². The number of aryl methyl sites for hydroxylation is 1. The third kappa shape index (κ3) is 3.20. The number of fused-ring (bicyclic) bond motifs is 4. The van der Waals surface area contributed by atoms with Crippen LogP contribution in [-0.4, -0.2) is 20.6 Å². The first-order valence-electron chi connectivity index (χ1n) is 11.7. The highest BCUT2D eigenvalue weighted by Gasteiger charge is 2.47. The molecule has 0 radical (unpaired) electrons. The minimum absolute atomic E-state index is 0.0733. The summed E-state index contributed by atoms with van der Waals surface area (Å²) in [6, 6.07) is 22.5. The predicted molar refractivity (Wildman–Crippen MR) is 137 cm³/mol. The lowest BCUT2D eigenvalue weighted by atomic mass is 9.76. The normalized spacial score (nSPS) is 17.8. The van der Waals surface area contributed by atoms with Crippen LogP contribution in [0.15, 0.2) is 87.4 Å². The fraction of sp³-hybridized carbons (Fsp3) is 0.172. The highest BCUT2D eigenvalue weighted by molar-refractivity contribution is 6.30. The van der Waals surface area contributed by atoms with E-state index in [4.69, 9.17) is 9.73 Å². The largest absolute Gasteiger partial charge is 0.457 e. The number of nitrogens with zero attached hydrogens (tertiary/aromatic N) is 3. The molecule has 2 atom stereocenters. The molecule has 6 rings (SSSR count). The first kappa shape index (κ1) is 22.0. The van der Waals surface area contributed by atoms with E-state index in [1.54, 1.807) is 13.1 Å². The van der Waals surface area contributed by atoms with Gasteiger partial charge in [0.05, 0.1) is 17.2 Å². The molecule has 36 heavy (non-hydrogen) atoms. The maximum Gasteiger partial charge on any atom is 0.332 e. The number of rotatable bonds is 3. The molecule has 0 amide bonds. The van der Waals surface area contributed by atoms with Crippen molar-refractivity contribution in [1.29, 1.82) is 0 Å². The number of Topliss-reactive ketones (excluding diaryl/α,β-unsaturated/α-hetero) is 1. The lowest BCUT2D eigenvalue weighted by Gasteiger charge is -2.30. The summed E-state index contributed by atoms with van der Waals surface area (Å²) in [4.78, 5) is 44.5. The third-order valence-corrected chi connectivity index (χ3v) is 7.08. The number of carbonyl (C=O) groups excluding carboxylic acids is 1. The molecule has 2 unspecified atom stereocenters. The number of ketones is 1. The Hall–Kier alpha value is -4.52. The molecule has 2 heterocycles. The Balaban J connectivity index is 1.51. The molecule has 1 aromatic heterocycles. The Morgan fingerprint density at radius 1 is 0.750 bits per heavy atom. The van der Waals surface area contributed by atoms with Crippen molar-refractivity contribution in [2.75, 3.05) is 0 Å². The van der Waals surface area contributed by atoms with Crippen molar-refractivity contribution in [3.05, 3.63) is 121 Å². The van der Waals surface area contributed by atoms with Crippen molar-refractivity contribution in [2.24, 2.45) is 25.0 Å². The molecule has 0 saturated heterocycles. The van der Waals surface area contributed by atoms with E-state index in [9.17, 15) is 14.4 Å². The zero-order valence-electron chi connectivity index (χ0n) is 20.1. The Labute approximate surface area is 206 Å². The second kappa shape index (κ2) is 8.02. The van der Waals surface area contributed by atoms with Crippen LogP contribution < -0.4 is 16.0 Å². The molecule has 0 spiro atoms. The minimum atomic E-state index is -0.649. The van der Waals surface area contributed by atoms with Crippen LogP contribution in [0.3, 0.4) is 0 Å². The number of hydrogen-bond acceptors (Lipinski definition) is 5. The molecule has 7 heteroatoms. The van der Waals surface area contributed by atoms with Crippen molar-refractivity contribution >= 4 is 17.3 Å². The fourth-order valence-corrected chi connectivity index (χ4v) is 5.21. The zero-order valence-corrected chi connectivity index (χ0v) is 20.1. The maximum atomic E-state index is 13.6. The average molecular weight is 478 g/mol. The molecule has 1 aliphatic carbocycles. The number of carbonyl (C=O) groups is 1. The average Bonchev–Trinajstić information content (AvgIpc) is 3.18. The molecular formula is C29H23N3O4. The standard InChI is InChI=1S/C29H23N3O4/c1-16-8-12-18(13-9-16)36-19-14-10-17(11-15-19)22-23-25(20-6-4-5-7-21(20)26(23)33)30-27-24(22)28(34)32(3)29(35)31(27)2/h4-15,22-23H,1-3H3. The molecule has 0 N–H and O–H groups in total. The smallest absolute Gasteiger partial charge is 0.332 e. The van der Waals surface area contributed by atoms with Crippen molar-refractivity contribution in [1.82, 2.24) is 9.13 Å². The molecule has 178 valence electrons. The van der Waals surface area contributed by atoms with Gasteiger partial charge in [-0.05, 0) is 36.8 Å². The summed E-state index contributed by atoms with van der Waals surface area (Å²) in [6.45, 7) is 2.01. The second-order valence-electron chi connectivity index (χ2n) is 9.29. The van der Waals surface area contributed by atoms with E-state index in [1.807, 2.05) is 73.7 Å². The van der Waals surface area contributed by atoms with Gasteiger partial charge in [-0.15, -0.1) is 0 Å². The summed E-state index contributed by atoms with van der Waals surface area (Å²) < 4.78 is 8.44. The Kier molecular flexibility index (Phi) is 4.89. The van der Waals surface area contributed by atoms with Crippen LogP contribution in [-0.2, 0) is 14.1 Å². The highest BCUT2D eigenvalue weighted by Crippen LogP contribution is 2.46. The van der Waals surface area contributed by atoms with Crippen molar-refractivity contribution in [2.45, 2.75) is 12.8 Å². The molecule has 2 aliphatic rings. The fourth-order valence-electron chi connectivity index (χ4n) is 5.21. The minimum Gasteiger partial charge on any atom is -0.457 e. The zero-order chi connectivity index (χ0) is 25.1. The van der Waals surface area contributed by atoms with E-state index in [-0.39, 0.29) is 5.78 Å². The number of benzene rings is 3.